The number of benzene rings is 2. The van der Waals surface area contributed by atoms with Crippen molar-refractivity contribution < 1.29 is 9.47 Å². The van der Waals surface area contributed by atoms with Gasteiger partial charge >= 0.3 is 0 Å². The largest absolute Gasteiger partial charge is 0.491 e. The number of methoxy groups -OCH3 is 1. The smallest absolute Gasteiger partial charge is 0.191 e. The van der Waals surface area contributed by atoms with Gasteiger partial charge < -0.3 is 24.7 Å². The number of nitrogens with one attached hydrogen (secondary N) is 2. The Labute approximate surface area is 190 Å². The molecule has 1 heterocycles. The zero-order chi connectivity index (χ0) is 22.6. The Morgan fingerprint density at radius 3 is 2.59 bits per heavy atom. The van der Waals surface area contributed by atoms with Crippen molar-refractivity contribution in [2.24, 2.45) is 4.99 Å². The predicted molar refractivity (Wildman–Crippen MR) is 128 cm³/mol. The van der Waals surface area contributed by atoms with Gasteiger partial charge in [0, 0.05) is 44.7 Å². The summed E-state index contributed by atoms with van der Waals surface area (Å²) in [4.78, 5) is 8.83. The fourth-order valence-electron chi connectivity index (χ4n) is 3.21. The number of aliphatic imine (C=N–C) groups is 1. The van der Waals surface area contributed by atoms with Gasteiger partial charge in [0.25, 0.3) is 0 Å². The van der Waals surface area contributed by atoms with Crippen LogP contribution in [0.25, 0.3) is 0 Å². The monoisotopic (exact) mass is 435 g/mol. The number of aryl methyl sites for hydroxylation is 1. The van der Waals surface area contributed by atoms with Crippen molar-refractivity contribution in [1.82, 2.24) is 20.2 Å². The molecule has 3 rings (SSSR count). The van der Waals surface area contributed by atoms with Crippen LogP contribution in [0.3, 0.4) is 0 Å². The number of rotatable bonds is 11. The fourth-order valence-corrected chi connectivity index (χ4v) is 3.21. The molecule has 3 aromatic rings. The first-order valence-electron chi connectivity index (χ1n) is 10.9. The Bertz CT molecular complexity index is 969. The molecule has 0 saturated carbocycles. The summed E-state index contributed by atoms with van der Waals surface area (Å²) in [6.07, 6.45) is 5.59. The van der Waals surface area contributed by atoms with Crippen LogP contribution in [0, 0.1) is 6.92 Å². The molecule has 0 aliphatic rings. The zero-order valence-electron chi connectivity index (χ0n) is 19.2. The van der Waals surface area contributed by atoms with E-state index in [0.717, 1.165) is 35.9 Å². The Hall–Kier alpha value is -3.32. The number of hydrogen-bond donors (Lipinski definition) is 2. The van der Waals surface area contributed by atoms with Gasteiger partial charge in [0.2, 0.25) is 0 Å². The molecule has 0 fully saturated rings. The van der Waals surface area contributed by atoms with Crippen molar-refractivity contribution >= 4 is 5.96 Å². The lowest BCUT2D eigenvalue weighted by Crippen LogP contribution is -2.36. The number of aromatic nitrogens is 2. The number of nitrogens with zero attached hydrogens (tertiary/aromatic N) is 3. The van der Waals surface area contributed by atoms with E-state index in [0.29, 0.717) is 26.3 Å². The summed E-state index contributed by atoms with van der Waals surface area (Å²) in [5.74, 6) is 1.65. The van der Waals surface area contributed by atoms with E-state index >= 15 is 0 Å². The number of imidazole rings is 1. The molecule has 7 nitrogen and oxygen atoms in total. The molecule has 170 valence electrons. The number of guanidine groups is 1. The van der Waals surface area contributed by atoms with Gasteiger partial charge in [0.05, 0.1) is 19.5 Å². The van der Waals surface area contributed by atoms with Crippen LogP contribution in [0.5, 0.6) is 5.75 Å². The SMILES string of the molecule is CCNC(=NCc1ccc(Cn2ccnc2)cc1)NCc1ccc(C)cc1OCCOC. The van der Waals surface area contributed by atoms with Crippen molar-refractivity contribution in [2.75, 3.05) is 26.9 Å². The molecule has 0 bridgehead atoms. The molecule has 32 heavy (non-hydrogen) atoms. The summed E-state index contributed by atoms with van der Waals surface area (Å²) in [7, 11) is 1.68. The second kappa shape index (κ2) is 12.5. The minimum absolute atomic E-state index is 0.526. The molecule has 2 N–H and O–H groups in total. The summed E-state index contributed by atoms with van der Waals surface area (Å²) in [5.41, 5.74) is 4.65. The van der Waals surface area contributed by atoms with Crippen molar-refractivity contribution in [3.05, 3.63) is 83.4 Å². The van der Waals surface area contributed by atoms with Gasteiger partial charge in [0.1, 0.15) is 12.4 Å². The first-order chi connectivity index (χ1) is 15.7. The quantitative estimate of drug-likeness (QED) is 0.274. The molecule has 7 heteroatoms. The van der Waals surface area contributed by atoms with Crippen LogP contribution < -0.4 is 15.4 Å². The first-order valence-corrected chi connectivity index (χ1v) is 10.9. The molecule has 0 spiro atoms. The van der Waals surface area contributed by atoms with Crippen LogP contribution in [0.2, 0.25) is 0 Å². The van der Waals surface area contributed by atoms with Crippen LogP contribution in [0.4, 0.5) is 0 Å². The third-order valence-electron chi connectivity index (χ3n) is 4.93. The fraction of sp³-hybridized carbons (Fsp3) is 0.360. The summed E-state index contributed by atoms with van der Waals surface area (Å²) < 4.78 is 13.0. The molecule has 0 aliphatic heterocycles. The van der Waals surface area contributed by atoms with Crippen molar-refractivity contribution in [3.8, 4) is 5.75 Å². The molecule has 2 aromatic carbocycles. The highest BCUT2D eigenvalue weighted by atomic mass is 16.5. The highest BCUT2D eigenvalue weighted by molar-refractivity contribution is 5.79. The van der Waals surface area contributed by atoms with Gasteiger partial charge in [-0.15, -0.1) is 0 Å². The van der Waals surface area contributed by atoms with Crippen molar-refractivity contribution in [2.45, 2.75) is 33.5 Å². The third-order valence-corrected chi connectivity index (χ3v) is 4.93. The zero-order valence-corrected chi connectivity index (χ0v) is 19.2. The normalized spacial score (nSPS) is 11.4. The van der Waals surface area contributed by atoms with E-state index in [2.05, 4.69) is 76.5 Å². The third kappa shape index (κ3) is 7.42. The van der Waals surface area contributed by atoms with E-state index in [9.17, 15) is 0 Å². The minimum atomic E-state index is 0.526. The van der Waals surface area contributed by atoms with Gasteiger partial charge in [-0.25, -0.2) is 9.98 Å². The van der Waals surface area contributed by atoms with Crippen LogP contribution >= 0.6 is 0 Å². The molecule has 0 amide bonds. The molecule has 0 unspecified atom stereocenters. The van der Waals surface area contributed by atoms with E-state index in [-0.39, 0.29) is 0 Å². The highest BCUT2D eigenvalue weighted by Gasteiger charge is 2.06. The molecule has 0 aliphatic carbocycles. The van der Waals surface area contributed by atoms with Crippen LogP contribution in [0.1, 0.15) is 29.2 Å². The maximum absolute atomic E-state index is 5.90. The lowest BCUT2D eigenvalue weighted by atomic mass is 10.1. The maximum atomic E-state index is 5.90. The first kappa shape index (κ1) is 23.3. The Morgan fingerprint density at radius 2 is 1.88 bits per heavy atom. The average Bonchev–Trinajstić information content (AvgIpc) is 3.31. The summed E-state index contributed by atoms with van der Waals surface area (Å²) in [5, 5.41) is 6.73. The van der Waals surface area contributed by atoms with Gasteiger partial charge in [-0.3, -0.25) is 0 Å². The summed E-state index contributed by atoms with van der Waals surface area (Å²) >= 11 is 0. The van der Waals surface area contributed by atoms with Crippen LogP contribution in [0.15, 0.2) is 66.2 Å². The lowest BCUT2D eigenvalue weighted by molar-refractivity contribution is 0.145. The molecule has 0 saturated heterocycles. The van der Waals surface area contributed by atoms with E-state index in [1.54, 1.807) is 13.3 Å². The second-order valence-electron chi connectivity index (χ2n) is 7.55. The second-order valence-corrected chi connectivity index (χ2v) is 7.55. The molecular formula is C25H33N5O2. The van der Waals surface area contributed by atoms with E-state index in [1.165, 1.54) is 11.1 Å². The highest BCUT2D eigenvalue weighted by Crippen LogP contribution is 2.20. The van der Waals surface area contributed by atoms with E-state index in [1.807, 2.05) is 12.5 Å². The van der Waals surface area contributed by atoms with Gasteiger partial charge in [-0.05, 0) is 36.6 Å². The van der Waals surface area contributed by atoms with Crippen LogP contribution in [-0.2, 0) is 24.4 Å². The molecule has 0 radical (unpaired) electrons. The standard InChI is InChI=1S/C25H33N5O2/c1-4-27-25(29-17-23-10-5-20(2)15-24(23)32-14-13-31-3)28-16-21-6-8-22(9-7-21)18-30-12-11-26-19-30/h5-12,15,19H,4,13-14,16-18H2,1-3H3,(H2,27,28,29). The van der Waals surface area contributed by atoms with E-state index < -0.39 is 0 Å². The Kier molecular flexibility index (Phi) is 9.13. The summed E-state index contributed by atoms with van der Waals surface area (Å²) in [6.45, 7) is 8.05. The number of ether oxygens (including phenoxy) is 2. The van der Waals surface area contributed by atoms with Gasteiger partial charge in [0.15, 0.2) is 5.96 Å². The minimum Gasteiger partial charge on any atom is -0.491 e. The topological polar surface area (TPSA) is 72.7 Å². The molecular weight excluding hydrogens is 402 g/mol. The summed E-state index contributed by atoms with van der Waals surface area (Å²) in [6, 6.07) is 14.8. The maximum Gasteiger partial charge on any atom is 0.191 e. The predicted octanol–water partition coefficient (Wildman–Crippen LogP) is 3.52. The Morgan fingerprint density at radius 1 is 1.06 bits per heavy atom. The van der Waals surface area contributed by atoms with Crippen molar-refractivity contribution in [1.29, 1.82) is 0 Å². The van der Waals surface area contributed by atoms with Gasteiger partial charge in [-0.2, -0.15) is 0 Å². The average molecular weight is 436 g/mol. The van der Waals surface area contributed by atoms with Crippen LogP contribution in [-0.4, -0.2) is 42.4 Å². The lowest BCUT2D eigenvalue weighted by Gasteiger charge is -2.15. The molecule has 1 aromatic heterocycles. The molecule has 0 atom stereocenters. The Balaban J connectivity index is 1.59. The van der Waals surface area contributed by atoms with Crippen molar-refractivity contribution in [3.63, 3.8) is 0 Å². The van der Waals surface area contributed by atoms with E-state index in [4.69, 9.17) is 14.5 Å². The number of hydrogen-bond acceptors (Lipinski definition) is 4. The van der Waals surface area contributed by atoms with Gasteiger partial charge in [-0.1, -0.05) is 36.4 Å².